The quantitative estimate of drug-likeness (QED) is 0.667. The second-order valence-corrected chi connectivity index (χ2v) is 5.67. The van der Waals surface area contributed by atoms with Crippen LogP contribution in [-0.2, 0) is 11.2 Å². The van der Waals surface area contributed by atoms with Crippen molar-refractivity contribution in [3.8, 4) is 0 Å². The number of anilines is 1. The molecule has 0 aromatic heterocycles. The van der Waals surface area contributed by atoms with Crippen LogP contribution in [0, 0.1) is 30.9 Å². The fraction of sp³-hybridized carbons (Fsp3) is 0.278. The highest BCUT2D eigenvalue weighted by Crippen LogP contribution is 2.25. The molecule has 0 aliphatic carbocycles. The first-order valence-corrected chi connectivity index (χ1v) is 7.48. The second-order valence-electron chi connectivity index (χ2n) is 5.67. The zero-order chi connectivity index (χ0) is 17.0. The minimum atomic E-state index is -0.444. The standard InChI is InChI=1S/C18H20N2O3/c1-12-7-8-15(11-13(12)2)9-10-18(21)19-16-5-4-6-17(14(16)3)20(22)23/h4-8,11H,9-10H2,1-3H3,(H,19,21). The number of nitro groups is 1. The van der Waals surface area contributed by atoms with Crippen LogP contribution >= 0.6 is 0 Å². The van der Waals surface area contributed by atoms with E-state index in [1.54, 1.807) is 19.1 Å². The summed E-state index contributed by atoms with van der Waals surface area (Å²) in [7, 11) is 0. The molecule has 0 heterocycles. The Hall–Kier alpha value is -2.69. The molecule has 0 spiro atoms. The van der Waals surface area contributed by atoms with E-state index >= 15 is 0 Å². The lowest BCUT2D eigenvalue weighted by Crippen LogP contribution is -2.13. The van der Waals surface area contributed by atoms with Crippen molar-refractivity contribution in [2.45, 2.75) is 33.6 Å². The van der Waals surface area contributed by atoms with Gasteiger partial charge in [0.05, 0.1) is 16.2 Å². The zero-order valence-corrected chi connectivity index (χ0v) is 13.6. The van der Waals surface area contributed by atoms with E-state index < -0.39 is 4.92 Å². The van der Waals surface area contributed by atoms with E-state index in [-0.39, 0.29) is 11.6 Å². The molecule has 2 aromatic rings. The lowest BCUT2D eigenvalue weighted by atomic mass is 10.0. The molecule has 0 aliphatic heterocycles. The fourth-order valence-corrected chi connectivity index (χ4v) is 2.39. The molecule has 0 aliphatic rings. The third-order valence-electron chi connectivity index (χ3n) is 3.99. The summed E-state index contributed by atoms with van der Waals surface area (Å²) in [5.41, 5.74) is 4.51. The predicted octanol–water partition coefficient (Wildman–Crippen LogP) is 4.09. The van der Waals surface area contributed by atoms with Gasteiger partial charge in [-0.05, 0) is 49.9 Å². The van der Waals surface area contributed by atoms with Crippen molar-refractivity contribution < 1.29 is 9.72 Å². The van der Waals surface area contributed by atoms with E-state index in [0.29, 0.717) is 24.1 Å². The lowest BCUT2D eigenvalue weighted by molar-refractivity contribution is -0.385. The molecule has 0 atom stereocenters. The molecule has 2 rings (SSSR count). The normalized spacial score (nSPS) is 10.4. The van der Waals surface area contributed by atoms with Gasteiger partial charge in [0.15, 0.2) is 0 Å². The van der Waals surface area contributed by atoms with Crippen LogP contribution in [-0.4, -0.2) is 10.8 Å². The van der Waals surface area contributed by atoms with Gasteiger partial charge in [-0.2, -0.15) is 0 Å². The lowest BCUT2D eigenvalue weighted by Gasteiger charge is -2.09. The van der Waals surface area contributed by atoms with E-state index in [1.807, 2.05) is 19.1 Å². The number of carbonyl (C=O) groups excluding carboxylic acids is 1. The summed E-state index contributed by atoms with van der Waals surface area (Å²) in [6, 6.07) is 10.8. The minimum Gasteiger partial charge on any atom is -0.326 e. The molecule has 1 N–H and O–H groups in total. The molecule has 0 saturated carbocycles. The SMILES string of the molecule is Cc1ccc(CCC(=O)Nc2cccc([N+](=O)[O-])c2C)cc1C. The Kier molecular flexibility index (Phi) is 5.11. The van der Waals surface area contributed by atoms with Gasteiger partial charge in [0, 0.05) is 12.5 Å². The molecule has 0 bridgehead atoms. The van der Waals surface area contributed by atoms with Crippen LogP contribution in [0.4, 0.5) is 11.4 Å². The molecule has 23 heavy (non-hydrogen) atoms. The third-order valence-corrected chi connectivity index (χ3v) is 3.99. The Labute approximate surface area is 135 Å². The highest BCUT2D eigenvalue weighted by molar-refractivity contribution is 5.92. The van der Waals surface area contributed by atoms with Gasteiger partial charge < -0.3 is 5.32 Å². The van der Waals surface area contributed by atoms with Crippen molar-refractivity contribution in [3.05, 3.63) is 68.8 Å². The Bertz CT molecular complexity index is 754. The summed E-state index contributed by atoms with van der Waals surface area (Å²) in [6.07, 6.45) is 0.978. The smallest absolute Gasteiger partial charge is 0.274 e. The van der Waals surface area contributed by atoms with Crippen LogP contribution in [0.15, 0.2) is 36.4 Å². The predicted molar refractivity (Wildman–Crippen MR) is 90.7 cm³/mol. The molecular formula is C18H20N2O3. The first-order chi connectivity index (χ1) is 10.9. The van der Waals surface area contributed by atoms with Crippen LogP contribution < -0.4 is 5.32 Å². The Balaban J connectivity index is 2.01. The van der Waals surface area contributed by atoms with Crippen LogP contribution in [0.25, 0.3) is 0 Å². The number of carbonyl (C=O) groups is 1. The van der Waals surface area contributed by atoms with Crippen molar-refractivity contribution >= 4 is 17.3 Å². The van der Waals surface area contributed by atoms with Gasteiger partial charge in [0.1, 0.15) is 0 Å². The number of rotatable bonds is 5. The highest BCUT2D eigenvalue weighted by atomic mass is 16.6. The van der Waals surface area contributed by atoms with Gasteiger partial charge in [-0.25, -0.2) is 0 Å². The maximum absolute atomic E-state index is 12.1. The molecule has 1 amide bonds. The third kappa shape index (κ3) is 4.16. The van der Waals surface area contributed by atoms with Gasteiger partial charge >= 0.3 is 0 Å². The van der Waals surface area contributed by atoms with Crippen molar-refractivity contribution in [2.24, 2.45) is 0 Å². The first-order valence-electron chi connectivity index (χ1n) is 7.48. The molecule has 5 heteroatoms. The highest BCUT2D eigenvalue weighted by Gasteiger charge is 2.14. The number of benzene rings is 2. The Morgan fingerprint density at radius 2 is 1.87 bits per heavy atom. The summed E-state index contributed by atoms with van der Waals surface area (Å²) in [5.74, 6) is -0.146. The van der Waals surface area contributed by atoms with E-state index in [0.717, 1.165) is 5.56 Å². The summed E-state index contributed by atoms with van der Waals surface area (Å²) < 4.78 is 0. The maximum Gasteiger partial charge on any atom is 0.274 e. The summed E-state index contributed by atoms with van der Waals surface area (Å²) >= 11 is 0. The molecule has 0 saturated heterocycles. The van der Waals surface area contributed by atoms with Gasteiger partial charge in [0.2, 0.25) is 5.91 Å². The van der Waals surface area contributed by atoms with Crippen LogP contribution in [0.5, 0.6) is 0 Å². The van der Waals surface area contributed by atoms with Gasteiger partial charge in [-0.3, -0.25) is 14.9 Å². The summed E-state index contributed by atoms with van der Waals surface area (Å²) in [5, 5.41) is 13.7. The van der Waals surface area contributed by atoms with Gasteiger partial charge in [-0.15, -0.1) is 0 Å². The van der Waals surface area contributed by atoms with Crippen molar-refractivity contribution in [3.63, 3.8) is 0 Å². The van der Waals surface area contributed by atoms with E-state index in [4.69, 9.17) is 0 Å². The van der Waals surface area contributed by atoms with E-state index in [2.05, 4.69) is 18.3 Å². The number of nitro benzene ring substituents is 1. The molecule has 0 unspecified atom stereocenters. The molecule has 0 fully saturated rings. The average molecular weight is 312 g/mol. The van der Waals surface area contributed by atoms with Crippen molar-refractivity contribution in [2.75, 3.05) is 5.32 Å². The van der Waals surface area contributed by atoms with E-state index in [1.165, 1.54) is 17.2 Å². The second kappa shape index (κ2) is 7.05. The fourth-order valence-electron chi connectivity index (χ4n) is 2.39. The Morgan fingerprint density at radius 1 is 1.13 bits per heavy atom. The maximum atomic E-state index is 12.1. The Morgan fingerprint density at radius 3 is 2.52 bits per heavy atom. The molecular weight excluding hydrogens is 292 g/mol. The van der Waals surface area contributed by atoms with Crippen LogP contribution in [0.2, 0.25) is 0 Å². The summed E-state index contributed by atoms with van der Waals surface area (Å²) in [6.45, 7) is 5.74. The molecule has 5 nitrogen and oxygen atoms in total. The number of nitrogens with one attached hydrogen (secondary N) is 1. The van der Waals surface area contributed by atoms with Gasteiger partial charge in [-0.1, -0.05) is 24.3 Å². The number of amides is 1. The minimum absolute atomic E-state index is 0.0111. The van der Waals surface area contributed by atoms with Gasteiger partial charge in [0.25, 0.3) is 5.69 Å². The monoisotopic (exact) mass is 312 g/mol. The van der Waals surface area contributed by atoms with Crippen molar-refractivity contribution in [1.82, 2.24) is 0 Å². The largest absolute Gasteiger partial charge is 0.326 e. The van der Waals surface area contributed by atoms with Crippen molar-refractivity contribution in [1.29, 1.82) is 0 Å². The molecule has 120 valence electrons. The van der Waals surface area contributed by atoms with E-state index in [9.17, 15) is 14.9 Å². The number of hydrogen-bond acceptors (Lipinski definition) is 3. The van der Waals surface area contributed by atoms with Crippen LogP contribution in [0.1, 0.15) is 28.7 Å². The number of hydrogen-bond donors (Lipinski definition) is 1. The summed E-state index contributed by atoms with van der Waals surface area (Å²) in [4.78, 5) is 22.6. The topological polar surface area (TPSA) is 72.2 Å². The van der Waals surface area contributed by atoms with Crippen LogP contribution in [0.3, 0.4) is 0 Å². The number of nitrogens with zero attached hydrogens (tertiary/aromatic N) is 1. The molecule has 0 radical (unpaired) electrons. The average Bonchev–Trinajstić information content (AvgIpc) is 2.50. The molecule has 2 aromatic carbocycles. The zero-order valence-electron chi connectivity index (χ0n) is 13.6. The number of aryl methyl sites for hydroxylation is 3. The first kappa shape index (κ1) is 16.7.